The van der Waals surface area contributed by atoms with E-state index in [1.54, 1.807) is 24.3 Å². The molecule has 1 N–H and O–H groups in total. The molecule has 0 aromatic heterocycles. The highest BCUT2D eigenvalue weighted by molar-refractivity contribution is 8.18. The van der Waals surface area contributed by atoms with Gasteiger partial charge < -0.3 is 5.32 Å². The Morgan fingerprint density at radius 3 is 2.50 bits per heavy atom. The summed E-state index contributed by atoms with van der Waals surface area (Å²) in [5.41, 5.74) is 1.17. The molecule has 1 saturated heterocycles. The lowest BCUT2D eigenvalue weighted by Gasteiger charge is -2.15. The Bertz CT molecular complexity index is 914. The van der Waals surface area contributed by atoms with Crippen molar-refractivity contribution in [2.75, 3.05) is 12.0 Å². The SMILES string of the molecule is O=C1S/C(=C\c2ccc([N+](=O)[O-])cc2)C(=O)N1CNc1ccccc1Cl. The first-order valence-corrected chi connectivity index (χ1v) is 8.63. The van der Waals surface area contributed by atoms with Gasteiger partial charge in [0.1, 0.15) is 0 Å². The molecule has 0 unspecified atom stereocenters. The van der Waals surface area contributed by atoms with Crippen LogP contribution < -0.4 is 5.32 Å². The summed E-state index contributed by atoms with van der Waals surface area (Å²) in [5, 5.41) is 13.7. The van der Waals surface area contributed by atoms with E-state index in [1.165, 1.54) is 30.3 Å². The summed E-state index contributed by atoms with van der Waals surface area (Å²) in [5.74, 6) is -0.432. The Morgan fingerprint density at radius 2 is 1.85 bits per heavy atom. The van der Waals surface area contributed by atoms with Crippen LogP contribution in [0.25, 0.3) is 6.08 Å². The summed E-state index contributed by atoms with van der Waals surface area (Å²) in [6, 6.07) is 12.7. The number of rotatable bonds is 5. The largest absolute Gasteiger partial charge is 0.366 e. The minimum atomic E-state index is -0.502. The van der Waals surface area contributed by atoms with Gasteiger partial charge in [-0.2, -0.15) is 0 Å². The quantitative estimate of drug-likeness (QED) is 0.464. The van der Waals surface area contributed by atoms with Crippen molar-refractivity contribution in [2.24, 2.45) is 0 Å². The second-order valence-electron chi connectivity index (χ2n) is 5.27. The highest BCUT2D eigenvalue weighted by Gasteiger charge is 2.34. The summed E-state index contributed by atoms with van der Waals surface area (Å²) < 4.78 is 0. The number of carbonyl (C=O) groups is 2. The summed E-state index contributed by atoms with van der Waals surface area (Å²) in [6.45, 7) is -0.00794. The van der Waals surface area contributed by atoms with Gasteiger partial charge in [-0.1, -0.05) is 23.7 Å². The Kier molecular flexibility index (Phi) is 5.24. The monoisotopic (exact) mass is 389 g/mol. The first-order chi connectivity index (χ1) is 12.5. The van der Waals surface area contributed by atoms with Crippen LogP contribution in [0.1, 0.15) is 5.56 Å². The van der Waals surface area contributed by atoms with Gasteiger partial charge in [0.15, 0.2) is 0 Å². The summed E-state index contributed by atoms with van der Waals surface area (Å²) in [6.07, 6.45) is 1.53. The molecule has 1 aliphatic heterocycles. The van der Waals surface area contributed by atoms with Gasteiger partial charge in [-0.05, 0) is 47.7 Å². The van der Waals surface area contributed by atoms with Crippen molar-refractivity contribution in [1.29, 1.82) is 0 Å². The fourth-order valence-electron chi connectivity index (χ4n) is 2.25. The van der Waals surface area contributed by atoms with Crippen LogP contribution in [0.3, 0.4) is 0 Å². The minimum Gasteiger partial charge on any atom is -0.366 e. The Morgan fingerprint density at radius 1 is 1.15 bits per heavy atom. The molecule has 2 aromatic carbocycles. The van der Waals surface area contributed by atoms with Crippen molar-refractivity contribution in [3.8, 4) is 0 Å². The maximum absolute atomic E-state index is 12.4. The highest BCUT2D eigenvalue weighted by Crippen LogP contribution is 2.32. The number of nitrogens with one attached hydrogen (secondary N) is 1. The second-order valence-corrected chi connectivity index (χ2v) is 6.67. The number of amides is 2. The molecule has 7 nitrogen and oxygen atoms in total. The van der Waals surface area contributed by atoms with Gasteiger partial charge >= 0.3 is 0 Å². The molecule has 2 aromatic rings. The Balaban J connectivity index is 1.72. The average Bonchev–Trinajstić information content (AvgIpc) is 2.88. The van der Waals surface area contributed by atoms with E-state index < -0.39 is 16.1 Å². The average molecular weight is 390 g/mol. The van der Waals surface area contributed by atoms with Gasteiger partial charge in [0, 0.05) is 12.1 Å². The number of hydrogen-bond donors (Lipinski definition) is 1. The number of nitrogens with zero attached hydrogens (tertiary/aromatic N) is 2. The molecule has 1 aliphatic rings. The zero-order chi connectivity index (χ0) is 18.7. The molecule has 0 radical (unpaired) electrons. The van der Waals surface area contributed by atoms with Gasteiger partial charge in [-0.15, -0.1) is 0 Å². The van der Waals surface area contributed by atoms with E-state index in [0.717, 1.165) is 16.7 Å². The molecule has 0 atom stereocenters. The molecule has 26 heavy (non-hydrogen) atoms. The molecule has 0 bridgehead atoms. The van der Waals surface area contributed by atoms with E-state index in [-0.39, 0.29) is 17.3 Å². The van der Waals surface area contributed by atoms with Gasteiger partial charge in [0.05, 0.1) is 27.2 Å². The van der Waals surface area contributed by atoms with Gasteiger partial charge in [-0.3, -0.25) is 24.6 Å². The van der Waals surface area contributed by atoms with Crippen LogP contribution in [0, 0.1) is 10.1 Å². The summed E-state index contributed by atoms with van der Waals surface area (Å²) in [4.78, 5) is 36.0. The lowest BCUT2D eigenvalue weighted by Crippen LogP contribution is -2.33. The standard InChI is InChI=1S/C17H12ClN3O4S/c18-13-3-1-2-4-14(13)19-10-20-16(22)15(26-17(20)23)9-11-5-7-12(8-6-11)21(24)25/h1-9,19H,10H2/b15-9-. The number of halogens is 1. The molecule has 132 valence electrons. The summed E-state index contributed by atoms with van der Waals surface area (Å²) in [7, 11) is 0. The van der Waals surface area contributed by atoms with Crippen molar-refractivity contribution in [3.63, 3.8) is 0 Å². The van der Waals surface area contributed by atoms with E-state index in [9.17, 15) is 19.7 Å². The van der Waals surface area contributed by atoms with Crippen LogP contribution in [0.5, 0.6) is 0 Å². The molecule has 3 rings (SSSR count). The zero-order valence-corrected chi connectivity index (χ0v) is 14.8. The zero-order valence-electron chi connectivity index (χ0n) is 13.2. The first kappa shape index (κ1) is 18.0. The van der Waals surface area contributed by atoms with Gasteiger partial charge in [-0.25, -0.2) is 0 Å². The number of anilines is 1. The number of nitro benzene ring substituents is 1. The molecular formula is C17H12ClN3O4S. The third-order valence-electron chi connectivity index (χ3n) is 3.58. The number of non-ortho nitro benzene ring substituents is 1. The first-order valence-electron chi connectivity index (χ1n) is 7.44. The van der Waals surface area contributed by atoms with Crippen LogP contribution in [-0.4, -0.2) is 27.6 Å². The summed E-state index contributed by atoms with van der Waals surface area (Å²) >= 11 is 6.86. The fourth-order valence-corrected chi connectivity index (χ4v) is 3.29. The van der Waals surface area contributed by atoms with Gasteiger partial charge in [0.25, 0.3) is 16.8 Å². The van der Waals surface area contributed by atoms with Crippen LogP contribution in [0.15, 0.2) is 53.4 Å². The van der Waals surface area contributed by atoms with Crippen LogP contribution in [-0.2, 0) is 4.79 Å². The van der Waals surface area contributed by atoms with Crippen molar-refractivity contribution in [1.82, 2.24) is 4.90 Å². The van der Waals surface area contributed by atoms with Gasteiger partial charge in [0.2, 0.25) is 0 Å². The van der Waals surface area contributed by atoms with E-state index in [2.05, 4.69) is 5.32 Å². The number of carbonyl (C=O) groups excluding carboxylic acids is 2. The molecule has 1 fully saturated rings. The van der Waals surface area contributed by atoms with Crippen LogP contribution in [0.2, 0.25) is 5.02 Å². The lowest BCUT2D eigenvalue weighted by molar-refractivity contribution is -0.384. The van der Waals surface area contributed by atoms with Crippen LogP contribution >= 0.6 is 23.4 Å². The smallest absolute Gasteiger partial charge is 0.295 e. The van der Waals surface area contributed by atoms with Crippen molar-refractivity contribution >= 4 is 52.0 Å². The van der Waals surface area contributed by atoms with Crippen molar-refractivity contribution in [2.45, 2.75) is 0 Å². The number of benzene rings is 2. The van der Waals surface area contributed by atoms with Crippen LogP contribution in [0.4, 0.5) is 16.2 Å². The maximum Gasteiger partial charge on any atom is 0.295 e. The number of thioether (sulfide) groups is 1. The highest BCUT2D eigenvalue weighted by atomic mass is 35.5. The lowest BCUT2D eigenvalue weighted by atomic mass is 10.2. The Labute approximate surface area is 157 Å². The fraction of sp³-hybridized carbons (Fsp3) is 0.0588. The topological polar surface area (TPSA) is 92.5 Å². The third-order valence-corrected chi connectivity index (χ3v) is 4.81. The number of para-hydroxylation sites is 1. The molecule has 0 aliphatic carbocycles. The normalized spacial score (nSPS) is 15.6. The molecule has 9 heteroatoms. The molecule has 2 amide bonds. The van der Waals surface area contributed by atoms with E-state index in [0.29, 0.717) is 16.3 Å². The number of nitro groups is 1. The van der Waals surface area contributed by atoms with Crippen molar-refractivity contribution in [3.05, 3.63) is 74.1 Å². The molecule has 0 saturated carbocycles. The molecule has 1 heterocycles. The predicted molar refractivity (Wildman–Crippen MR) is 101 cm³/mol. The van der Waals surface area contributed by atoms with E-state index >= 15 is 0 Å². The third kappa shape index (κ3) is 3.87. The second kappa shape index (κ2) is 7.59. The van der Waals surface area contributed by atoms with Crippen molar-refractivity contribution < 1.29 is 14.5 Å². The minimum absolute atomic E-state index is 0.00794. The van der Waals surface area contributed by atoms with E-state index in [1.807, 2.05) is 0 Å². The predicted octanol–water partition coefficient (Wildman–Crippen LogP) is 4.35. The molecular weight excluding hydrogens is 378 g/mol. The maximum atomic E-state index is 12.4. The Hall–Kier alpha value is -2.84. The number of imide groups is 1. The van der Waals surface area contributed by atoms with E-state index in [4.69, 9.17) is 11.6 Å². The number of hydrogen-bond acceptors (Lipinski definition) is 6. The molecule has 0 spiro atoms.